The maximum Gasteiger partial charge on any atom is 0.399 e. The first-order valence-corrected chi connectivity index (χ1v) is 9.16. The first-order chi connectivity index (χ1) is 13.4. The van der Waals surface area contributed by atoms with Crippen molar-refractivity contribution < 1.29 is 39.3 Å². The molecular formula is C23H22F3N2OPt-. The summed E-state index contributed by atoms with van der Waals surface area (Å²) in [5, 5.41) is 10.3. The van der Waals surface area contributed by atoms with Crippen molar-refractivity contribution in [2.75, 3.05) is 0 Å². The van der Waals surface area contributed by atoms with Crippen LogP contribution in [-0.2, 0) is 38.3 Å². The second-order valence-electron chi connectivity index (χ2n) is 7.99. The number of benzene rings is 1. The molecule has 3 nitrogen and oxygen atoms in total. The molecular weight excluding hydrogens is 572 g/mol. The van der Waals surface area contributed by atoms with Crippen LogP contribution in [0.5, 0.6) is 0 Å². The number of aliphatic hydroxyl groups is 1. The van der Waals surface area contributed by atoms with Gasteiger partial charge in [0.1, 0.15) is 5.60 Å². The predicted molar refractivity (Wildman–Crippen MR) is 105 cm³/mol. The number of pyridine rings is 2. The maximum atomic E-state index is 13.0. The van der Waals surface area contributed by atoms with Crippen LogP contribution in [0.4, 0.5) is 13.2 Å². The van der Waals surface area contributed by atoms with E-state index in [4.69, 9.17) is 0 Å². The van der Waals surface area contributed by atoms with Gasteiger partial charge in [-0.3, -0.25) is 4.98 Å². The second-order valence-corrected chi connectivity index (χ2v) is 7.99. The van der Waals surface area contributed by atoms with Crippen LogP contribution < -0.4 is 0 Å². The van der Waals surface area contributed by atoms with Gasteiger partial charge in [0.15, 0.2) is 0 Å². The Morgan fingerprint density at radius 1 is 0.833 bits per heavy atom. The minimum absolute atomic E-state index is 0. The fourth-order valence-corrected chi connectivity index (χ4v) is 2.98. The fraction of sp³-hybridized carbons (Fsp3) is 0.304. The third kappa shape index (κ3) is 5.16. The van der Waals surface area contributed by atoms with E-state index in [-0.39, 0.29) is 26.6 Å². The molecule has 0 atom stereocenters. The number of nitrogens with zero attached hydrogens (tertiary/aromatic N) is 2. The van der Waals surface area contributed by atoms with Crippen molar-refractivity contribution in [3.8, 4) is 11.3 Å². The topological polar surface area (TPSA) is 46.0 Å². The third-order valence-electron chi connectivity index (χ3n) is 4.81. The van der Waals surface area contributed by atoms with Gasteiger partial charge in [-0.1, -0.05) is 18.2 Å². The number of halogens is 3. The summed E-state index contributed by atoms with van der Waals surface area (Å²) in [5.74, 6) is 0. The average molecular weight is 595 g/mol. The zero-order chi connectivity index (χ0) is 21.4. The van der Waals surface area contributed by atoms with E-state index < -0.39 is 22.8 Å². The fourth-order valence-electron chi connectivity index (χ4n) is 2.98. The molecule has 0 saturated carbocycles. The van der Waals surface area contributed by atoms with Gasteiger partial charge < -0.3 is 10.1 Å². The normalized spacial score (nSPS) is 12.4. The van der Waals surface area contributed by atoms with Crippen LogP contribution in [0.1, 0.15) is 50.3 Å². The van der Waals surface area contributed by atoms with E-state index in [1.54, 1.807) is 32.0 Å². The van der Waals surface area contributed by atoms with Crippen molar-refractivity contribution in [1.82, 2.24) is 9.97 Å². The van der Waals surface area contributed by atoms with Crippen molar-refractivity contribution in [2.45, 2.75) is 44.9 Å². The largest absolute Gasteiger partial charge is 0.399 e. The van der Waals surface area contributed by atoms with Gasteiger partial charge in [0.25, 0.3) is 0 Å². The Hall–Kier alpha value is -2.04. The van der Waals surface area contributed by atoms with Crippen molar-refractivity contribution in [1.29, 1.82) is 0 Å². The molecule has 0 unspecified atom stereocenters. The molecule has 7 heteroatoms. The summed E-state index contributed by atoms with van der Waals surface area (Å²) < 4.78 is 39.1. The van der Waals surface area contributed by atoms with Crippen LogP contribution in [0, 0.1) is 6.07 Å². The summed E-state index contributed by atoms with van der Waals surface area (Å²) in [7, 11) is 0. The second kappa shape index (κ2) is 8.60. The molecule has 0 spiro atoms. The number of hydrogen-bond acceptors (Lipinski definition) is 3. The zero-order valence-corrected chi connectivity index (χ0v) is 19.3. The molecule has 2 aromatic heterocycles. The SMILES string of the molecule is CC(C)(O)c1cccc(C(C)(C)c2cccc(-c3[c-]ccc(C(F)(F)F)c3)n2)n1.[Pt]. The minimum atomic E-state index is -4.43. The molecule has 3 aromatic rings. The smallest absolute Gasteiger partial charge is 0.384 e. The average Bonchev–Trinajstić information content (AvgIpc) is 2.67. The molecule has 0 aliphatic rings. The van der Waals surface area contributed by atoms with Gasteiger partial charge in [-0.2, -0.15) is 13.2 Å². The molecule has 0 aliphatic heterocycles. The number of aromatic nitrogens is 2. The number of hydrogen-bond donors (Lipinski definition) is 1. The summed E-state index contributed by atoms with van der Waals surface area (Å²) in [6, 6.07) is 16.8. The van der Waals surface area contributed by atoms with Crippen LogP contribution in [-0.4, -0.2) is 15.1 Å². The molecule has 1 aromatic carbocycles. The molecule has 0 fully saturated rings. The molecule has 0 saturated heterocycles. The zero-order valence-electron chi connectivity index (χ0n) is 17.0. The van der Waals surface area contributed by atoms with E-state index in [9.17, 15) is 18.3 Å². The van der Waals surface area contributed by atoms with Gasteiger partial charge in [-0.25, -0.2) is 0 Å². The Labute approximate surface area is 188 Å². The van der Waals surface area contributed by atoms with E-state index in [0.29, 0.717) is 22.8 Å². The van der Waals surface area contributed by atoms with Crippen molar-refractivity contribution in [2.24, 2.45) is 0 Å². The molecule has 3 rings (SSSR count). The molecule has 0 radical (unpaired) electrons. The van der Waals surface area contributed by atoms with Gasteiger partial charge in [0, 0.05) is 32.2 Å². The van der Waals surface area contributed by atoms with Gasteiger partial charge >= 0.3 is 6.18 Å². The van der Waals surface area contributed by atoms with Crippen LogP contribution in [0.3, 0.4) is 0 Å². The molecule has 0 bridgehead atoms. The number of rotatable bonds is 4. The summed E-state index contributed by atoms with van der Waals surface area (Å²) >= 11 is 0. The first kappa shape index (κ1) is 24.2. The van der Waals surface area contributed by atoms with Crippen LogP contribution in [0.15, 0.2) is 54.6 Å². The van der Waals surface area contributed by atoms with Gasteiger partial charge in [0.05, 0.1) is 11.4 Å². The molecule has 0 aliphatic carbocycles. The molecule has 162 valence electrons. The summed E-state index contributed by atoms with van der Waals surface area (Å²) in [6.45, 7) is 7.19. The van der Waals surface area contributed by atoms with E-state index in [1.807, 2.05) is 32.0 Å². The summed E-state index contributed by atoms with van der Waals surface area (Å²) in [4.78, 5) is 9.20. The maximum absolute atomic E-state index is 13.0. The molecule has 30 heavy (non-hydrogen) atoms. The van der Waals surface area contributed by atoms with Gasteiger partial charge in [-0.05, 0) is 57.2 Å². The Bertz CT molecular complexity index is 1030. The Morgan fingerprint density at radius 2 is 1.40 bits per heavy atom. The monoisotopic (exact) mass is 594 g/mol. The molecule has 1 N–H and O–H groups in total. The summed E-state index contributed by atoms with van der Waals surface area (Å²) in [5.41, 5.74) is 0.113. The van der Waals surface area contributed by atoms with Crippen molar-refractivity contribution >= 4 is 0 Å². The predicted octanol–water partition coefficient (Wildman–Crippen LogP) is 5.51. The van der Waals surface area contributed by atoms with E-state index >= 15 is 0 Å². The third-order valence-corrected chi connectivity index (χ3v) is 4.81. The quantitative estimate of drug-likeness (QED) is 0.406. The standard InChI is InChI=1S/C23H22F3N2O.Pt/c1-21(2,19-12-7-13-20(28-19)22(3,4)29)18-11-6-10-17(27-18)15-8-5-9-16(14-15)23(24,25)26;/h5-7,9-14,29H,1-4H3;/q-1;. The molecule has 0 amide bonds. The molecule has 2 heterocycles. The van der Waals surface area contributed by atoms with Crippen molar-refractivity contribution in [3.63, 3.8) is 0 Å². The van der Waals surface area contributed by atoms with E-state index in [0.717, 1.165) is 12.1 Å². The first-order valence-electron chi connectivity index (χ1n) is 9.16. The van der Waals surface area contributed by atoms with Crippen LogP contribution in [0.2, 0.25) is 0 Å². The minimum Gasteiger partial charge on any atom is -0.384 e. The van der Waals surface area contributed by atoms with Crippen molar-refractivity contribution in [3.05, 3.63) is 83.3 Å². The van der Waals surface area contributed by atoms with Crippen LogP contribution in [0.25, 0.3) is 11.3 Å². The number of alkyl halides is 3. The Morgan fingerprint density at radius 3 is 2.00 bits per heavy atom. The Kier molecular flexibility index (Phi) is 6.95. The van der Waals surface area contributed by atoms with E-state index in [2.05, 4.69) is 16.0 Å². The summed E-state index contributed by atoms with van der Waals surface area (Å²) in [6.07, 6.45) is -4.43. The van der Waals surface area contributed by atoms with Gasteiger partial charge in [0.2, 0.25) is 0 Å². The van der Waals surface area contributed by atoms with Gasteiger partial charge in [-0.15, -0.1) is 29.8 Å². The van der Waals surface area contributed by atoms with E-state index in [1.165, 1.54) is 6.07 Å². The Balaban J connectivity index is 0.00000320. The van der Waals surface area contributed by atoms with Crippen LogP contribution >= 0.6 is 0 Å².